The molecule has 8 nitrogen and oxygen atoms in total. The highest BCUT2D eigenvalue weighted by Gasteiger charge is 2.38. The van der Waals surface area contributed by atoms with Crippen LogP contribution in [-0.4, -0.2) is 56.9 Å². The zero-order chi connectivity index (χ0) is 25.9. The van der Waals surface area contributed by atoms with Crippen molar-refractivity contribution in [3.05, 3.63) is 33.1 Å². The van der Waals surface area contributed by atoms with Crippen molar-refractivity contribution < 1.29 is 23.8 Å². The van der Waals surface area contributed by atoms with Crippen LogP contribution in [0.2, 0.25) is 0 Å². The number of nitrogens with two attached hydrogens (primary N) is 1. The van der Waals surface area contributed by atoms with Gasteiger partial charge in [0.1, 0.15) is 11.3 Å². The maximum atomic E-state index is 16.1. The maximum absolute atomic E-state index is 16.1. The number of aliphatic hydroxyl groups is 1. The molecule has 5 N–H and O–H groups in total. The average molecular weight is 493 g/mol. The Labute approximate surface area is 202 Å². The van der Waals surface area contributed by atoms with E-state index in [0.717, 1.165) is 13.0 Å². The number of halogens is 2. The summed E-state index contributed by atoms with van der Waals surface area (Å²) >= 11 is 0. The van der Waals surface area contributed by atoms with E-state index in [2.05, 4.69) is 10.2 Å². The number of nitrogens with one attached hydrogen (secondary N) is 1. The second-order valence-electron chi connectivity index (χ2n) is 11.1. The number of benzene rings is 1. The molecule has 0 radical (unpaired) electrons. The first-order chi connectivity index (χ1) is 16.2. The van der Waals surface area contributed by atoms with E-state index < -0.39 is 56.5 Å². The third-order valence-corrected chi connectivity index (χ3v) is 7.20. The molecule has 10 heteroatoms. The van der Waals surface area contributed by atoms with Gasteiger partial charge in [-0.3, -0.25) is 4.79 Å². The van der Waals surface area contributed by atoms with Gasteiger partial charge in [0.05, 0.1) is 22.2 Å². The number of carboxylic acid groups (broad SMARTS) is 1. The van der Waals surface area contributed by atoms with Gasteiger partial charge < -0.3 is 30.7 Å². The predicted octanol–water partition coefficient (Wildman–Crippen LogP) is 3.28. The monoisotopic (exact) mass is 492 g/mol. The number of hydrogen-bond acceptors (Lipinski definition) is 6. The molecule has 35 heavy (non-hydrogen) atoms. The van der Waals surface area contributed by atoms with Gasteiger partial charge in [0, 0.05) is 30.4 Å². The molecule has 1 aromatic carbocycles. The van der Waals surface area contributed by atoms with Crippen molar-refractivity contribution in [3.63, 3.8) is 0 Å². The Morgan fingerprint density at radius 3 is 2.54 bits per heavy atom. The van der Waals surface area contributed by atoms with E-state index in [4.69, 9.17) is 5.73 Å². The molecule has 0 bridgehead atoms. The predicted molar refractivity (Wildman–Crippen MR) is 131 cm³/mol. The molecule has 1 saturated heterocycles. The lowest BCUT2D eigenvalue weighted by molar-refractivity contribution is 0.0373. The maximum Gasteiger partial charge on any atom is 0.341 e. The number of aromatic nitrogens is 1. The van der Waals surface area contributed by atoms with Gasteiger partial charge in [-0.15, -0.1) is 0 Å². The second-order valence-corrected chi connectivity index (χ2v) is 11.1. The Balaban J connectivity index is 1.81. The molecule has 0 spiro atoms. The summed E-state index contributed by atoms with van der Waals surface area (Å²) in [6.45, 7) is 9.06. The minimum Gasteiger partial charge on any atom is -0.477 e. The number of carboxylic acids is 1. The molecule has 2 aliphatic rings. The van der Waals surface area contributed by atoms with Crippen molar-refractivity contribution in [1.82, 2.24) is 9.47 Å². The van der Waals surface area contributed by atoms with Gasteiger partial charge in [0.15, 0.2) is 11.6 Å². The van der Waals surface area contributed by atoms with Crippen molar-refractivity contribution in [2.45, 2.75) is 77.0 Å². The highest BCUT2D eigenvalue weighted by atomic mass is 19.1. The van der Waals surface area contributed by atoms with E-state index >= 15 is 8.78 Å². The van der Waals surface area contributed by atoms with Gasteiger partial charge in [0.2, 0.25) is 5.43 Å². The van der Waals surface area contributed by atoms with Crippen LogP contribution in [-0.2, 0) is 12.0 Å². The molecule has 4 rings (SSSR count). The number of nitrogens with zero attached hydrogens (tertiary/aromatic N) is 2. The van der Waals surface area contributed by atoms with E-state index in [0.29, 0.717) is 38.8 Å². The van der Waals surface area contributed by atoms with Gasteiger partial charge in [-0.05, 0) is 66.3 Å². The number of nitrogen functional groups attached to an aromatic ring is 1. The topological polar surface area (TPSA) is 121 Å². The van der Waals surface area contributed by atoms with Crippen LogP contribution in [0.15, 0.2) is 4.79 Å². The SMILES string of the molecule is CC(C)(O)CN1CCCC(Nc2c(F)c(N)c3c(=O)c(C(=O)O)c4n(c3c2F)C(C)(C)CC4)CC1. The summed E-state index contributed by atoms with van der Waals surface area (Å²) in [7, 11) is 0. The average Bonchev–Trinajstić information content (AvgIpc) is 2.90. The molecule has 3 heterocycles. The lowest BCUT2D eigenvalue weighted by Gasteiger charge is -2.28. The van der Waals surface area contributed by atoms with Crippen LogP contribution in [0.25, 0.3) is 10.9 Å². The molecule has 1 fully saturated rings. The summed E-state index contributed by atoms with van der Waals surface area (Å²) in [6.07, 6.45) is 2.85. The number of carbonyl (C=O) groups is 1. The minimum absolute atomic E-state index is 0.156. The summed E-state index contributed by atoms with van der Waals surface area (Å²) in [4.78, 5) is 27.2. The molecule has 192 valence electrons. The van der Waals surface area contributed by atoms with Crippen LogP contribution in [0, 0.1) is 11.6 Å². The van der Waals surface area contributed by atoms with Crippen LogP contribution < -0.4 is 16.5 Å². The summed E-state index contributed by atoms with van der Waals surface area (Å²) in [5, 5.41) is 22.4. The highest BCUT2D eigenvalue weighted by Crippen LogP contribution is 2.41. The van der Waals surface area contributed by atoms with E-state index in [-0.39, 0.29) is 17.3 Å². The van der Waals surface area contributed by atoms with E-state index in [1.54, 1.807) is 13.8 Å². The molecule has 0 aliphatic carbocycles. The first kappa shape index (κ1) is 25.4. The number of anilines is 2. The Bertz CT molecular complexity index is 1250. The third kappa shape index (κ3) is 4.49. The first-order valence-corrected chi connectivity index (χ1v) is 12.1. The molecule has 2 aliphatic heterocycles. The minimum atomic E-state index is -1.44. The quantitative estimate of drug-likeness (QED) is 0.473. The number of fused-ring (bicyclic) bond motifs is 3. The molecule has 1 aromatic heterocycles. The van der Waals surface area contributed by atoms with Crippen LogP contribution in [0.5, 0.6) is 0 Å². The number of pyridine rings is 1. The van der Waals surface area contributed by atoms with Gasteiger partial charge >= 0.3 is 5.97 Å². The molecule has 1 atom stereocenters. The fraction of sp³-hybridized carbons (Fsp3) is 0.600. The van der Waals surface area contributed by atoms with Crippen molar-refractivity contribution in [3.8, 4) is 0 Å². The second kappa shape index (κ2) is 8.74. The van der Waals surface area contributed by atoms with E-state index in [1.807, 2.05) is 13.8 Å². The standard InChI is InChI=1S/C25H34F2N4O4/c1-24(2)9-7-14-15(23(33)34)22(32)16-19(28)17(26)20(18(27)21(16)31(14)24)29-13-6-5-10-30(11-8-13)12-25(3,4)35/h13,29,35H,5-12,28H2,1-4H3,(H,33,34). The smallest absolute Gasteiger partial charge is 0.341 e. The van der Waals surface area contributed by atoms with E-state index in [9.17, 15) is 19.8 Å². The number of rotatable bonds is 5. The molecular weight excluding hydrogens is 458 g/mol. The van der Waals surface area contributed by atoms with Crippen LogP contribution in [0.4, 0.5) is 20.2 Å². The fourth-order valence-corrected chi connectivity index (χ4v) is 5.64. The van der Waals surface area contributed by atoms with Crippen LogP contribution >= 0.6 is 0 Å². The molecule has 2 aromatic rings. The summed E-state index contributed by atoms with van der Waals surface area (Å²) in [6, 6.07) is -0.237. The molecule has 1 unspecified atom stereocenters. The molecule has 0 saturated carbocycles. The Morgan fingerprint density at radius 2 is 1.91 bits per heavy atom. The van der Waals surface area contributed by atoms with Crippen molar-refractivity contribution in [2.75, 3.05) is 30.7 Å². The normalized spacial score (nSPS) is 20.6. The van der Waals surface area contributed by atoms with Crippen LogP contribution in [0.3, 0.4) is 0 Å². The molecule has 0 amide bonds. The largest absolute Gasteiger partial charge is 0.477 e. The first-order valence-electron chi connectivity index (χ1n) is 12.1. The van der Waals surface area contributed by atoms with Crippen LogP contribution in [0.1, 0.15) is 69.4 Å². The van der Waals surface area contributed by atoms with Gasteiger partial charge in [-0.25, -0.2) is 13.6 Å². The number of aromatic carboxylic acids is 1. The Hall–Kier alpha value is -2.72. The zero-order valence-electron chi connectivity index (χ0n) is 20.7. The summed E-state index contributed by atoms with van der Waals surface area (Å²) in [5.74, 6) is -3.46. The van der Waals surface area contributed by atoms with E-state index in [1.165, 1.54) is 4.57 Å². The molecular formula is C25H34F2N4O4. The Morgan fingerprint density at radius 1 is 1.23 bits per heavy atom. The lowest BCUT2D eigenvalue weighted by atomic mass is 10.0. The Kier molecular flexibility index (Phi) is 6.34. The van der Waals surface area contributed by atoms with Crippen molar-refractivity contribution in [2.24, 2.45) is 0 Å². The van der Waals surface area contributed by atoms with Gasteiger partial charge in [0.25, 0.3) is 0 Å². The number of likely N-dealkylation sites (tertiary alicyclic amines) is 1. The number of β-amino-alcohol motifs (C(OH)–C–C–N with tert-alkyl or cyclic N) is 1. The van der Waals surface area contributed by atoms with Crippen molar-refractivity contribution in [1.29, 1.82) is 0 Å². The van der Waals surface area contributed by atoms with Gasteiger partial charge in [-0.1, -0.05) is 0 Å². The lowest BCUT2D eigenvalue weighted by Crippen LogP contribution is -2.39. The van der Waals surface area contributed by atoms with Crippen molar-refractivity contribution >= 4 is 28.2 Å². The zero-order valence-corrected chi connectivity index (χ0v) is 20.7. The fourth-order valence-electron chi connectivity index (χ4n) is 5.64. The number of hydrogen-bond donors (Lipinski definition) is 4. The van der Waals surface area contributed by atoms with Gasteiger partial charge in [-0.2, -0.15) is 0 Å². The highest BCUT2D eigenvalue weighted by molar-refractivity contribution is 6.01. The third-order valence-electron chi connectivity index (χ3n) is 7.20. The summed E-state index contributed by atoms with van der Waals surface area (Å²) in [5.41, 5.74) is 2.20. The summed E-state index contributed by atoms with van der Waals surface area (Å²) < 4.78 is 33.0.